The molecule has 0 aliphatic rings. The molecule has 2 aromatic rings. The molecule has 0 aliphatic heterocycles. The summed E-state index contributed by atoms with van der Waals surface area (Å²) in [4.78, 5) is 16.4. The molecule has 1 unspecified atom stereocenters. The topological polar surface area (TPSA) is 71.5 Å². The minimum atomic E-state index is -1.13. The first-order valence-corrected chi connectivity index (χ1v) is 7.77. The third kappa shape index (κ3) is 4.76. The Kier molecular flexibility index (Phi) is 6.26. The molecule has 1 atom stereocenters. The zero-order chi connectivity index (χ0) is 17.5. The van der Waals surface area contributed by atoms with E-state index in [9.17, 15) is 14.3 Å². The van der Waals surface area contributed by atoms with E-state index < -0.39 is 17.8 Å². The lowest BCUT2D eigenvalue weighted by Crippen LogP contribution is -2.29. The predicted octanol–water partition coefficient (Wildman–Crippen LogP) is 2.72. The average Bonchev–Trinajstić information content (AvgIpc) is 2.58. The number of nitrogens with zero attached hydrogens (tertiary/aromatic N) is 1. The summed E-state index contributed by atoms with van der Waals surface area (Å²) in [6.07, 6.45) is 0.410. The van der Waals surface area contributed by atoms with E-state index in [-0.39, 0.29) is 23.6 Å². The number of hydrogen-bond donors (Lipinski definition) is 2. The largest absolute Gasteiger partial charge is 0.477 e. The van der Waals surface area contributed by atoms with Gasteiger partial charge in [0.1, 0.15) is 11.4 Å². The van der Waals surface area contributed by atoms with E-state index in [1.165, 1.54) is 18.2 Å². The number of ether oxygens (including phenoxy) is 1. The minimum absolute atomic E-state index is 0.113. The van der Waals surface area contributed by atoms with E-state index in [4.69, 9.17) is 4.74 Å². The number of aliphatic hydroxyl groups excluding tert-OH is 1. The normalized spacial score (nSPS) is 12.0. The summed E-state index contributed by atoms with van der Waals surface area (Å²) in [5.41, 5.74) is 0.416. The average molecular weight is 332 g/mol. The molecule has 0 radical (unpaired) electrons. The Balaban J connectivity index is 2.01. The molecule has 5 nitrogen and oxygen atoms in total. The van der Waals surface area contributed by atoms with Gasteiger partial charge in [-0.1, -0.05) is 32.0 Å². The highest BCUT2D eigenvalue weighted by Crippen LogP contribution is 2.18. The Morgan fingerprint density at radius 2 is 2.04 bits per heavy atom. The predicted molar refractivity (Wildman–Crippen MR) is 88.3 cm³/mol. The summed E-state index contributed by atoms with van der Waals surface area (Å²) in [6.45, 7) is 4.31. The molecule has 24 heavy (non-hydrogen) atoms. The van der Waals surface area contributed by atoms with Crippen molar-refractivity contribution in [1.29, 1.82) is 0 Å². The number of halogens is 1. The van der Waals surface area contributed by atoms with E-state index in [1.807, 2.05) is 13.8 Å². The second-order valence-electron chi connectivity index (χ2n) is 5.81. The molecule has 0 bridgehead atoms. The smallest absolute Gasteiger partial charge is 0.256 e. The van der Waals surface area contributed by atoms with Gasteiger partial charge in [0.25, 0.3) is 5.91 Å². The molecule has 0 saturated carbocycles. The van der Waals surface area contributed by atoms with Gasteiger partial charge < -0.3 is 15.2 Å². The van der Waals surface area contributed by atoms with Gasteiger partial charge in [-0.15, -0.1) is 0 Å². The van der Waals surface area contributed by atoms with E-state index in [0.717, 1.165) is 0 Å². The number of carbonyl (C=O) groups is 1. The van der Waals surface area contributed by atoms with E-state index in [0.29, 0.717) is 12.5 Å². The summed E-state index contributed by atoms with van der Waals surface area (Å²) < 4.78 is 19.2. The second-order valence-corrected chi connectivity index (χ2v) is 5.81. The van der Waals surface area contributed by atoms with Crippen LogP contribution < -0.4 is 10.1 Å². The quantitative estimate of drug-likeness (QED) is 0.818. The maximum Gasteiger partial charge on any atom is 0.256 e. The van der Waals surface area contributed by atoms with Gasteiger partial charge in [0.05, 0.1) is 12.7 Å². The molecule has 6 heteroatoms. The van der Waals surface area contributed by atoms with Crippen molar-refractivity contribution in [1.82, 2.24) is 10.3 Å². The lowest BCUT2D eigenvalue weighted by molar-refractivity contribution is 0.0908. The first-order valence-electron chi connectivity index (χ1n) is 7.77. The van der Waals surface area contributed by atoms with Crippen LogP contribution in [0.25, 0.3) is 0 Å². The van der Waals surface area contributed by atoms with Crippen LogP contribution in [0.3, 0.4) is 0 Å². The highest BCUT2D eigenvalue weighted by molar-refractivity contribution is 5.96. The van der Waals surface area contributed by atoms with Crippen LogP contribution in [0.5, 0.6) is 5.88 Å². The molecule has 0 spiro atoms. The highest BCUT2D eigenvalue weighted by Gasteiger charge is 2.17. The van der Waals surface area contributed by atoms with Crippen molar-refractivity contribution < 1.29 is 19.0 Å². The summed E-state index contributed by atoms with van der Waals surface area (Å²) in [7, 11) is 0. The number of amides is 1. The van der Waals surface area contributed by atoms with Crippen LogP contribution in [0.15, 0.2) is 42.6 Å². The third-order valence-corrected chi connectivity index (χ3v) is 3.29. The van der Waals surface area contributed by atoms with Crippen molar-refractivity contribution in [3.05, 3.63) is 59.5 Å². The number of nitrogens with one attached hydrogen (secondary N) is 1. The Morgan fingerprint density at radius 3 is 2.75 bits per heavy atom. The molecular weight excluding hydrogens is 311 g/mol. The molecule has 1 heterocycles. The van der Waals surface area contributed by atoms with Gasteiger partial charge in [0.15, 0.2) is 0 Å². The number of aromatic nitrogens is 1. The number of pyridine rings is 1. The van der Waals surface area contributed by atoms with Gasteiger partial charge in [-0.05, 0) is 24.1 Å². The zero-order valence-electron chi connectivity index (χ0n) is 13.7. The lowest BCUT2D eigenvalue weighted by atomic mass is 10.1. The maximum absolute atomic E-state index is 13.6. The van der Waals surface area contributed by atoms with Gasteiger partial charge in [-0.2, -0.15) is 0 Å². The van der Waals surface area contributed by atoms with Crippen LogP contribution in [-0.4, -0.2) is 29.1 Å². The van der Waals surface area contributed by atoms with Crippen molar-refractivity contribution in [2.24, 2.45) is 5.92 Å². The molecule has 0 saturated heterocycles. The van der Waals surface area contributed by atoms with Crippen LogP contribution in [0, 0.1) is 11.7 Å². The molecule has 2 rings (SSSR count). The van der Waals surface area contributed by atoms with Crippen LogP contribution >= 0.6 is 0 Å². The van der Waals surface area contributed by atoms with Crippen LogP contribution in [0.4, 0.5) is 4.39 Å². The molecule has 0 fully saturated rings. The molecule has 0 aliphatic carbocycles. The number of hydrogen-bond acceptors (Lipinski definition) is 4. The fourth-order valence-corrected chi connectivity index (χ4v) is 2.06. The Hall–Kier alpha value is -2.47. The second kappa shape index (κ2) is 8.40. The SMILES string of the molecule is CC(C)COc1ncccc1C(=O)NCC(O)c1ccccc1F. The van der Waals surface area contributed by atoms with E-state index in [2.05, 4.69) is 10.3 Å². The molecule has 2 N–H and O–H groups in total. The first kappa shape index (κ1) is 17.9. The molecule has 128 valence electrons. The van der Waals surface area contributed by atoms with E-state index in [1.54, 1.807) is 24.4 Å². The van der Waals surface area contributed by atoms with Gasteiger partial charge in [-0.25, -0.2) is 9.37 Å². The number of carbonyl (C=O) groups excluding carboxylic acids is 1. The Labute approximate surface area is 140 Å². The monoisotopic (exact) mass is 332 g/mol. The minimum Gasteiger partial charge on any atom is -0.477 e. The fourth-order valence-electron chi connectivity index (χ4n) is 2.06. The van der Waals surface area contributed by atoms with Crippen LogP contribution in [-0.2, 0) is 0 Å². The van der Waals surface area contributed by atoms with Gasteiger partial charge >= 0.3 is 0 Å². The third-order valence-electron chi connectivity index (χ3n) is 3.29. The van der Waals surface area contributed by atoms with Crippen molar-refractivity contribution >= 4 is 5.91 Å². The van der Waals surface area contributed by atoms with Gasteiger partial charge in [-0.3, -0.25) is 4.79 Å². The molecule has 1 amide bonds. The summed E-state index contributed by atoms with van der Waals surface area (Å²) in [5, 5.41) is 12.6. The van der Waals surface area contributed by atoms with Crippen molar-refractivity contribution in [2.45, 2.75) is 20.0 Å². The summed E-state index contributed by atoms with van der Waals surface area (Å²) in [6, 6.07) is 9.13. The molecular formula is C18H21FN2O3. The molecule has 1 aromatic heterocycles. The van der Waals surface area contributed by atoms with Crippen molar-refractivity contribution in [2.75, 3.05) is 13.2 Å². The fraction of sp³-hybridized carbons (Fsp3) is 0.333. The summed E-state index contributed by atoms with van der Waals surface area (Å²) >= 11 is 0. The number of benzene rings is 1. The lowest BCUT2D eigenvalue weighted by Gasteiger charge is -2.15. The Morgan fingerprint density at radius 1 is 1.29 bits per heavy atom. The number of aliphatic hydroxyl groups is 1. The standard InChI is InChI=1S/C18H21FN2O3/c1-12(2)11-24-18-14(7-5-9-20-18)17(23)21-10-16(22)13-6-3-4-8-15(13)19/h3-9,12,16,22H,10-11H2,1-2H3,(H,21,23). The van der Waals surface area contributed by atoms with Crippen molar-refractivity contribution in [3.63, 3.8) is 0 Å². The Bertz CT molecular complexity index is 691. The van der Waals surface area contributed by atoms with Crippen LogP contribution in [0.1, 0.15) is 35.9 Å². The van der Waals surface area contributed by atoms with Crippen LogP contribution in [0.2, 0.25) is 0 Å². The summed E-state index contributed by atoms with van der Waals surface area (Å²) in [5.74, 6) is -0.409. The zero-order valence-corrected chi connectivity index (χ0v) is 13.7. The van der Waals surface area contributed by atoms with Gasteiger partial charge in [0.2, 0.25) is 5.88 Å². The van der Waals surface area contributed by atoms with Gasteiger partial charge in [0, 0.05) is 18.3 Å². The first-order chi connectivity index (χ1) is 11.5. The van der Waals surface area contributed by atoms with Crippen molar-refractivity contribution in [3.8, 4) is 5.88 Å². The molecule has 1 aromatic carbocycles. The highest BCUT2D eigenvalue weighted by atomic mass is 19.1. The van der Waals surface area contributed by atoms with E-state index >= 15 is 0 Å². The number of rotatable bonds is 7. The maximum atomic E-state index is 13.6.